The van der Waals surface area contributed by atoms with Crippen LogP contribution in [0, 0.1) is 5.41 Å². The molecule has 2 fully saturated rings. The van der Waals surface area contributed by atoms with Gasteiger partial charge >= 0.3 is 0 Å². The zero-order valence-corrected chi connectivity index (χ0v) is 14.3. The highest BCUT2D eigenvalue weighted by Gasteiger charge is 2.21. The van der Waals surface area contributed by atoms with Gasteiger partial charge in [-0.05, 0) is 45.1 Å². The minimum absolute atomic E-state index is 0.137. The zero-order chi connectivity index (χ0) is 16.9. The molecule has 0 aromatic carbocycles. The molecule has 0 saturated heterocycles. The second-order valence-electron chi connectivity index (χ2n) is 6.95. The van der Waals surface area contributed by atoms with E-state index in [1.807, 2.05) is 6.07 Å². The molecule has 0 aliphatic heterocycles. The number of anilines is 2. The van der Waals surface area contributed by atoms with Gasteiger partial charge in [-0.1, -0.05) is 19.3 Å². The van der Waals surface area contributed by atoms with Crippen LogP contribution in [0.3, 0.4) is 0 Å². The van der Waals surface area contributed by atoms with Crippen LogP contribution in [0.1, 0.15) is 68.6 Å². The summed E-state index contributed by atoms with van der Waals surface area (Å²) in [6.07, 6.45) is 11.4. The summed E-state index contributed by atoms with van der Waals surface area (Å²) in [6, 6.07) is 2.80. The Morgan fingerprint density at radius 3 is 2.38 bits per heavy atom. The maximum Gasteiger partial charge on any atom is 0.258 e. The lowest BCUT2D eigenvalue weighted by molar-refractivity contribution is 0.0976. The van der Waals surface area contributed by atoms with Crippen LogP contribution in [-0.4, -0.2) is 28.8 Å². The van der Waals surface area contributed by atoms with Gasteiger partial charge in [0.25, 0.3) is 5.91 Å². The largest absolute Gasteiger partial charge is 0.379 e. The van der Waals surface area contributed by atoms with Crippen molar-refractivity contribution in [3.63, 3.8) is 0 Å². The molecule has 2 saturated carbocycles. The quantitative estimate of drug-likeness (QED) is 0.491. The van der Waals surface area contributed by atoms with Crippen molar-refractivity contribution in [2.75, 3.05) is 10.6 Å². The van der Waals surface area contributed by atoms with Crippen molar-refractivity contribution in [1.29, 1.82) is 5.41 Å². The molecular weight excluding hydrogens is 302 g/mol. The molecule has 2 aliphatic rings. The summed E-state index contributed by atoms with van der Waals surface area (Å²) < 4.78 is 0. The predicted octanol–water partition coefficient (Wildman–Crippen LogP) is 3.52. The molecule has 1 amide bonds. The molecule has 0 bridgehead atoms. The van der Waals surface area contributed by atoms with Gasteiger partial charge in [0.05, 0.1) is 17.1 Å². The fraction of sp³-hybridized carbons (Fsp3) is 0.611. The summed E-state index contributed by atoms with van der Waals surface area (Å²) in [7, 11) is 0. The lowest BCUT2D eigenvalue weighted by atomic mass is 9.93. The van der Waals surface area contributed by atoms with E-state index in [0.717, 1.165) is 11.5 Å². The number of aromatic nitrogens is 1. The van der Waals surface area contributed by atoms with Crippen molar-refractivity contribution < 1.29 is 4.79 Å². The van der Waals surface area contributed by atoms with E-state index in [1.165, 1.54) is 51.4 Å². The number of hydrogen-bond acceptors (Lipinski definition) is 5. The van der Waals surface area contributed by atoms with E-state index in [-0.39, 0.29) is 11.7 Å². The van der Waals surface area contributed by atoms with Crippen molar-refractivity contribution in [1.82, 2.24) is 10.3 Å². The minimum Gasteiger partial charge on any atom is -0.379 e. The summed E-state index contributed by atoms with van der Waals surface area (Å²) in [5.74, 6) is 0.700. The Morgan fingerprint density at radius 2 is 1.75 bits per heavy atom. The van der Waals surface area contributed by atoms with Crippen LogP contribution in [0.2, 0.25) is 0 Å². The number of nitrogens with one attached hydrogen (secondary N) is 4. The summed E-state index contributed by atoms with van der Waals surface area (Å²) in [6.45, 7) is 1.55. The first kappa shape index (κ1) is 16.7. The highest BCUT2D eigenvalue weighted by atomic mass is 16.1. The average Bonchev–Trinajstić information content (AvgIpc) is 2.52. The van der Waals surface area contributed by atoms with Crippen LogP contribution < -0.4 is 16.0 Å². The van der Waals surface area contributed by atoms with E-state index < -0.39 is 0 Å². The van der Waals surface area contributed by atoms with E-state index in [2.05, 4.69) is 20.9 Å². The average molecular weight is 329 g/mol. The Morgan fingerprint density at radius 1 is 1.08 bits per heavy atom. The van der Waals surface area contributed by atoms with Crippen LogP contribution >= 0.6 is 0 Å². The van der Waals surface area contributed by atoms with E-state index in [4.69, 9.17) is 5.41 Å². The SMILES string of the molecule is CC(=N)NC(=O)c1cnc(NC2CCCCC2)c(NC2CCC2)c1. The third-order valence-electron chi connectivity index (χ3n) is 4.86. The minimum atomic E-state index is -0.282. The highest BCUT2D eigenvalue weighted by Crippen LogP contribution is 2.30. The van der Waals surface area contributed by atoms with Gasteiger partial charge in [-0.15, -0.1) is 0 Å². The molecule has 24 heavy (non-hydrogen) atoms. The van der Waals surface area contributed by atoms with Crippen LogP contribution in [-0.2, 0) is 0 Å². The Balaban J connectivity index is 1.77. The second-order valence-corrected chi connectivity index (χ2v) is 6.95. The van der Waals surface area contributed by atoms with Crippen molar-refractivity contribution in [2.24, 2.45) is 0 Å². The maximum atomic E-state index is 12.1. The third-order valence-corrected chi connectivity index (χ3v) is 4.86. The monoisotopic (exact) mass is 329 g/mol. The molecular formula is C18H27N5O. The van der Waals surface area contributed by atoms with Crippen molar-refractivity contribution in [3.8, 4) is 0 Å². The molecule has 0 spiro atoms. The summed E-state index contributed by atoms with van der Waals surface area (Å²) in [5.41, 5.74) is 1.39. The molecule has 0 unspecified atom stereocenters. The number of amidine groups is 1. The van der Waals surface area contributed by atoms with Gasteiger partial charge in [0.2, 0.25) is 0 Å². The molecule has 3 rings (SSSR count). The van der Waals surface area contributed by atoms with Crippen molar-refractivity contribution in [3.05, 3.63) is 17.8 Å². The number of nitrogens with zero attached hydrogens (tertiary/aromatic N) is 1. The standard InChI is InChI=1S/C18H27N5O/c1-12(19)21-18(24)13-10-16(22-14-8-5-9-14)17(20-11-13)23-15-6-3-2-4-7-15/h10-11,14-15,22H,2-9H2,1H3,(H,20,23)(H2,19,21,24). The smallest absolute Gasteiger partial charge is 0.258 e. The molecule has 0 atom stereocenters. The summed E-state index contributed by atoms with van der Waals surface area (Å²) >= 11 is 0. The van der Waals surface area contributed by atoms with Crippen LogP contribution in [0.15, 0.2) is 12.3 Å². The second kappa shape index (κ2) is 7.64. The normalized spacial score (nSPS) is 18.5. The number of hydrogen-bond donors (Lipinski definition) is 4. The number of rotatable bonds is 5. The molecule has 1 heterocycles. The van der Waals surface area contributed by atoms with Crippen molar-refractivity contribution >= 4 is 23.2 Å². The third kappa shape index (κ3) is 4.24. The number of carbonyl (C=O) groups excluding carboxylic acids is 1. The topological polar surface area (TPSA) is 89.9 Å². The summed E-state index contributed by atoms with van der Waals surface area (Å²) in [5, 5.41) is 17.0. The van der Waals surface area contributed by atoms with Crippen LogP contribution in [0.25, 0.3) is 0 Å². The Kier molecular flexibility index (Phi) is 5.33. The predicted molar refractivity (Wildman–Crippen MR) is 96.9 cm³/mol. The Hall–Kier alpha value is -2.11. The Labute approximate surface area is 143 Å². The molecule has 6 heteroatoms. The van der Waals surface area contributed by atoms with E-state index in [0.29, 0.717) is 17.6 Å². The number of carbonyl (C=O) groups is 1. The molecule has 130 valence electrons. The first-order chi connectivity index (χ1) is 11.6. The van der Waals surface area contributed by atoms with Crippen molar-refractivity contribution in [2.45, 2.75) is 70.4 Å². The lowest BCUT2D eigenvalue weighted by Gasteiger charge is -2.30. The van der Waals surface area contributed by atoms with Gasteiger partial charge in [0.15, 0.2) is 0 Å². The lowest BCUT2D eigenvalue weighted by Crippen LogP contribution is -2.30. The van der Waals surface area contributed by atoms with E-state index in [1.54, 1.807) is 13.1 Å². The van der Waals surface area contributed by atoms with E-state index >= 15 is 0 Å². The fourth-order valence-electron chi connectivity index (χ4n) is 3.27. The van der Waals surface area contributed by atoms with Gasteiger partial charge in [0.1, 0.15) is 5.82 Å². The van der Waals surface area contributed by atoms with Gasteiger partial charge in [0, 0.05) is 18.3 Å². The van der Waals surface area contributed by atoms with Gasteiger partial charge < -0.3 is 16.0 Å². The van der Waals surface area contributed by atoms with Gasteiger partial charge in [-0.3, -0.25) is 10.2 Å². The van der Waals surface area contributed by atoms with Gasteiger partial charge in [-0.2, -0.15) is 0 Å². The highest BCUT2D eigenvalue weighted by molar-refractivity contribution is 6.05. The number of pyridine rings is 1. The fourth-order valence-corrected chi connectivity index (χ4v) is 3.27. The number of amides is 1. The van der Waals surface area contributed by atoms with Crippen LogP contribution in [0.4, 0.5) is 11.5 Å². The molecule has 0 radical (unpaired) electrons. The molecule has 6 nitrogen and oxygen atoms in total. The first-order valence-electron chi connectivity index (χ1n) is 9.01. The molecule has 2 aliphatic carbocycles. The van der Waals surface area contributed by atoms with Crippen LogP contribution in [0.5, 0.6) is 0 Å². The molecule has 1 aromatic rings. The zero-order valence-electron chi connectivity index (χ0n) is 14.3. The molecule has 1 aromatic heterocycles. The van der Waals surface area contributed by atoms with E-state index in [9.17, 15) is 4.79 Å². The van der Waals surface area contributed by atoms with Gasteiger partial charge in [-0.25, -0.2) is 4.98 Å². The maximum absolute atomic E-state index is 12.1. The first-order valence-corrected chi connectivity index (χ1v) is 9.01. The molecule has 4 N–H and O–H groups in total. The Bertz CT molecular complexity index is 605. The summed E-state index contributed by atoms with van der Waals surface area (Å²) in [4.78, 5) is 16.6.